The molecule has 10 nitrogen and oxygen atoms in total. The molecule has 224 valence electrons. The first kappa shape index (κ1) is 28.1. The second-order valence-corrected chi connectivity index (χ2v) is 11.1. The molecule has 11 heteroatoms. The molecule has 0 fully saturated rings. The minimum Gasteiger partial charge on any atom is -0.478 e. The molecular formula is C34H24N2O8S. The fraction of sp³-hybridized carbons (Fsp3) is 0.118. The Labute approximate surface area is 259 Å². The van der Waals surface area contributed by atoms with Gasteiger partial charge in [-0.1, -0.05) is 59.9 Å². The van der Waals surface area contributed by atoms with Crippen molar-refractivity contribution in [3.63, 3.8) is 0 Å². The van der Waals surface area contributed by atoms with E-state index in [1.165, 1.54) is 28.0 Å². The smallest absolute Gasteiger partial charge is 0.338 e. The van der Waals surface area contributed by atoms with E-state index in [0.29, 0.717) is 54.7 Å². The van der Waals surface area contributed by atoms with Crippen LogP contribution in [-0.4, -0.2) is 35.0 Å². The Balaban J connectivity index is 1.40. The molecule has 7 rings (SSSR count). The molecule has 0 spiro atoms. The van der Waals surface area contributed by atoms with Crippen LogP contribution in [0.25, 0.3) is 23.1 Å². The third-order valence-corrected chi connectivity index (χ3v) is 8.39. The number of hydrogen-bond acceptors (Lipinski definition) is 9. The minimum absolute atomic E-state index is 0.0756. The summed E-state index contributed by atoms with van der Waals surface area (Å²) < 4.78 is 24.5. The molecule has 0 amide bonds. The fourth-order valence-corrected chi connectivity index (χ4v) is 6.31. The second-order valence-electron chi connectivity index (χ2n) is 10.1. The second kappa shape index (κ2) is 11.4. The van der Waals surface area contributed by atoms with Gasteiger partial charge in [0.25, 0.3) is 5.56 Å². The van der Waals surface area contributed by atoms with Crippen molar-refractivity contribution >= 4 is 35.0 Å². The van der Waals surface area contributed by atoms with Crippen LogP contribution < -0.4 is 24.4 Å². The van der Waals surface area contributed by atoms with Gasteiger partial charge in [0.05, 0.1) is 34.0 Å². The van der Waals surface area contributed by atoms with E-state index in [9.17, 15) is 19.5 Å². The first-order chi connectivity index (χ1) is 21.9. The topological polar surface area (TPSA) is 130 Å². The molecule has 1 atom stereocenters. The van der Waals surface area contributed by atoms with Gasteiger partial charge in [0.2, 0.25) is 6.79 Å². The lowest BCUT2D eigenvalue weighted by atomic mass is 9.93. The Morgan fingerprint density at radius 3 is 2.53 bits per heavy atom. The summed E-state index contributed by atoms with van der Waals surface area (Å²) in [5, 5.41) is 9.19. The summed E-state index contributed by atoms with van der Waals surface area (Å²) in [5.41, 5.74) is 2.47. The number of nitrogens with zero attached hydrogens (tertiary/aromatic N) is 2. The summed E-state index contributed by atoms with van der Waals surface area (Å²) in [6.07, 6.45) is 1.63. The maximum absolute atomic E-state index is 14.1. The predicted molar refractivity (Wildman–Crippen MR) is 165 cm³/mol. The van der Waals surface area contributed by atoms with E-state index in [2.05, 4.69) is 0 Å². The zero-order valence-corrected chi connectivity index (χ0v) is 24.6. The van der Waals surface area contributed by atoms with E-state index in [-0.39, 0.29) is 30.1 Å². The van der Waals surface area contributed by atoms with Crippen LogP contribution in [0.1, 0.15) is 40.2 Å². The van der Waals surface area contributed by atoms with Crippen LogP contribution in [0.2, 0.25) is 0 Å². The molecule has 4 heterocycles. The van der Waals surface area contributed by atoms with Crippen LogP contribution in [0, 0.1) is 0 Å². The van der Waals surface area contributed by atoms with Crippen molar-refractivity contribution in [2.75, 3.05) is 13.4 Å². The summed E-state index contributed by atoms with van der Waals surface area (Å²) in [6, 6.07) is 23.6. The molecule has 1 N–H and O–H groups in total. The number of carbonyl (C=O) groups is 2. The fourth-order valence-electron chi connectivity index (χ4n) is 5.33. The lowest BCUT2D eigenvalue weighted by Gasteiger charge is -2.26. The van der Waals surface area contributed by atoms with Gasteiger partial charge in [-0.15, -0.1) is 0 Å². The van der Waals surface area contributed by atoms with Crippen molar-refractivity contribution in [3.05, 3.63) is 133 Å². The van der Waals surface area contributed by atoms with Gasteiger partial charge < -0.3 is 23.7 Å². The average Bonchev–Trinajstić information content (AvgIpc) is 3.80. The van der Waals surface area contributed by atoms with Crippen LogP contribution in [0.5, 0.6) is 11.5 Å². The van der Waals surface area contributed by atoms with Gasteiger partial charge in [0.1, 0.15) is 11.5 Å². The van der Waals surface area contributed by atoms with Gasteiger partial charge in [-0.2, -0.15) is 0 Å². The summed E-state index contributed by atoms with van der Waals surface area (Å²) in [6.45, 7) is 1.94. The normalized spacial score (nSPS) is 15.5. The number of carbonyl (C=O) groups excluding carboxylic acids is 1. The highest BCUT2D eigenvalue weighted by Crippen LogP contribution is 2.40. The summed E-state index contributed by atoms with van der Waals surface area (Å²) in [5.74, 6) is 0.419. The highest BCUT2D eigenvalue weighted by molar-refractivity contribution is 7.07. The molecule has 45 heavy (non-hydrogen) atoms. The van der Waals surface area contributed by atoms with Crippen molar-refractivity contribution in [1.82, 2.24) is 4.57 Å². The van der Waals surface area contributed by atoms with E-state index < -0.39 is 18.0 Å². The van der Waals surface area contributed by atoms with Gasteiger partial charge in [0.15, 0.2) is 16.3 Å². The van der Waals surface area contributed by atoms with E-state index in [4.69, 9.17) is 23.6 Å². The first-order valence-corrected chi connectivity index (χ1v) is 14.8. The number of hydrogen-bond donors (Lipinski definition) is 1. The summed E-state index contributed by atoms with van der Waals surface area (Å²) >= 11 is 1.18. The van der Waals surface area contributed by atoms with E-state index in [0.717, 1.165) is 0 Å². The largest absolute Gasteiger partial charge is 0.478 e. The molecule has 0 saturated heterocycles. The van der Waals surface area contributed by atoms with Crippen LogP contribution >= 0.6 is 11.3 Å². The zero-order valence-electron chi connectivity index (χ0n) is 23.8. The zero-order chi connectivity index (χ0) is 31.1. The van der Waals surface area contributed by atoms with Crippen molar-refractivity contribution in [1.29, 1.82) is 0 Å². The third-order valence-electron chi connectivity index (χ3n) is 7.40. The predicted octanol–water partition coefficient (Wildman–Crippen LogP) is 4.62. The minimum atomic E-state index is -1.02. The van der Waals surface area contributed by atoms with E-state index in [1.807, 2.05) is 30.3 Å². The lowest BCUT2D eigenvalue weighted by Crippen LogP contribution is -2.40. The molecule has 5 aromatic rings. The van der Waals surface area contributed by atoms with Crippen LogP contribution in [-0.2, 0) is 9.53 Å². The molecule has 3 aromatic carbocycles. The third kappa shape index (κ3) is 5.12. The maximum atomic E-state index is 14.1. The molecular weight excluding hydrogens is 596 g/mol. The number of aromatic nitrogens is 1. The molecule has 2 aliphatic rings. The summed E-state index contributed by atoms with van der Waals surface area (Å²) in [7, 11) is 0. The Morgan fingerprint density at radius 1 is 1.00 bits per heavy atom. The first-order valence-electron chi connectivity index (χ1n) is 14.0. The van der Waals surface area contributed by atoms with E-state index >= 15 is 0 Å². The van der Waals surface area contributed by atoms with Gasteiger partial charge in [-0.3, -0.25) is 9.36 Å². The molecule has 0 saturated carbocycles. The Morgan fingerprint density at radius 2 is 1.78 bits per heavy atom. The molecule has 2 aliphatic heterocycles. The highest BCUT2D eigenvalue weighted by Gasteiger charge is 2.36. The van der Waals surface area contributed by atoms with Crippen molar-refractivity contribution < 1.29 is 33.3 Å². The Kier molecular flexibility index (Phi) is 7.14. The summed E-state index contributed by atoms with van der Waals surface area (Å²) in [4.78, 5) is 44.3. The standard InChI is InChI=1S/C34H24N2O8S/c1-2-41-33(40)28-29(20-6-4-3-5-7-20)35-34-36(30(28)22-12-14-25-26(16-22)43-18-42-25)31(37)27(45-34)17-23-13-15-24(44-23)19-8-10-21(11-9-19)32(38)39/h3-17,30H,2,18H2,1H3,(H,38,39). The number of carboxylic acid groups (broad SMARTS) is 1. The number of ether oxygens (including phenoxy) is 3. The quantitative estimate of drug-likeness (QED) is 0.261. The van der Waals surface area contributed by atoms with Crippen LogP contribution in [0.4, 0.5) is 0 Å². The van der Waals surface area contributed by atoms with E-state index in [1.54, 1.807) is 55.5 Å². The number of furan rings is 1. The monoisotopic (exact) mass is 620 g/mol. The Hall–Kier alpha value is -5.68. The van der Waals surface area contributed by atoms with Crippen molar-refractivity contribution in [2.24, 2.45) is 4.99 Å². The highest BCUT2D eigenvalue weighted by atomic mass is 32.1. The van der Waals surface area contributed by atoms with Crippen molar-refractivity contribution in [2.45, 2.75) is 13.0 Å². The number of esters is 1. The van der Waals surface area contributed by atoms with Crippen LogP contribution in [0.15, 0.2) is 105 Å². The molecule has 1 unspecified atom stereocenters. The lowest BCUT2D eigenvalue weighted by molar-refractivity contribution is -0.138. The van der Waals surface area contributed by atoms with Gasteiger partial charge in [0, 0.05) is 17.2 Å². The van der Waals surface area contributed by atoms with Gasteiger partial charge in [-0.25, -0.2) is 14.6 Å². The number of benzene rings is 3. The maximum Gasteiger partial charge on any atom is 0.338 e. The molecule has 0 radical (unpaired) electrons. The van der Waals surface area contributed by atoms with Crippen molar-refractivity contribution in [3.8, 4) is 22.8 Å². The van der Waals surface area contributed by atoms with Gasteiger partial charge >= 0.3 is 11.9 Å². The number of thiazole rings is 1. The molecule has 2 aromatic heterocycles. The number of fused-ring (bicyclic) bond motifs is 2. The number of aromatic carboxylic acids is 1. The number of carboxylic acids is 1. The molecule has 0 aliphatic carbocycles. The van der Waals surface area contributed by atoms with Crippen LogP contribution in [0.3, 0.4) is 0 Å². The SMILES string of the molecule is CCOC(=O)C1=C(c2ccccc2)N=c2sc(=Cc3ccc(-c4ccc(C(=O)O)cc4)o3)c(=O)n2C1c1ccc2c(c1)OCO2. The molecule has 0 bridgehead atoms. The average molecular weight is 621 g/mol. The Bertz CT molecular complexity index is 2180. The number of rotatable bonds is 7. The van der Waals surface area contributed by atoms with Gasteiger partial charge in [-0.05, 0) is 48.9 Å².